The Hall–Kier alpha value is -1.94. The lowest BCUT2D eigenvalue weighted by Gasteiger charge is -2.22. The van der Waals surface area contributed by atoms with E-state index in [0.29, 0.717) is 0 Å². The second kappa shape index (κ2) is 7.82. The number of aromatic nitrogens is 2. The molecule has 3 nitrogen and oxygen atoms in total. The average molecular weight is 394 g/mol. The van der Waals surface area contributed by atoms with E-state index in [1.54, 1.807) is 11.9 Å². The van der Waals surface area contributed by atoms with Gasteiger partial charge in [0.15, 0.2) is 0 Å². The zero-order valence-corrected chi connectivity index (χ0v) is 18.3. The van der Waals surface area contributed by atoms with Crippen molar-refractivity contribution in [3.05, 3.63) is 54.4 Å². The Labute approximate surface area is 173 Å². The minimum Gasteiger partial charge on any atom is -0.327 e. The van der Waals surface area contributed by atoms with Crippen LogP contribution in [0.15, 0.2) is 53.4 Å². The molecule has 2 aromatic carbocycles. The van der Waals surface area contributed by atoms with Gasteiger partial charge in [-0.25, -0.2) is 4.98 Å². The predicted molar refractivity (Wildman–Crippen MR) is 121 cm³/mol. The zero-order valence-electron chi connectivity index (χ0n) is 17.5. The first-order valence-corrected chi connectivity index (χ1v) is 11.2. The topological polar surface area (TPSA) is 21.1 Å². The first-order chi connectivity index (χ1) is 13.4. The molecular weight excluding hydrogens is 362 g/mol. The highest BCUT2D eigenvalue weighted by atomic mass is 32.2. The number of imidazole rings is 1. The summed E-state index contributed by atoms with van der Waals surface area (Å²) in [5.41, 5.74) is 3.62. The smallest absolute Gasteiger partial charge is 0.115 e. The van der Waals surface area contributed by atoms with Crippen molar-refractivity contribution in [3.8, 4) is 0 Å². The van der Waals surface area contributed by atoms with Crippen LogP contribution in [0.1, 0.15) is 52.3 Å². The zero-order chi connectivity index (χ0) is 19.7. The standard InChI is InChI=1S/C24H31N3S/c1-24(2,3)23-25-21-16-19(26(4)28-20-12-6-5-7-13-20)14-15-22(21)27(23)17-18-10-8-9-11-18/h5-7,12-16,18H,8-11,17H2,1-4H3. The van der Waals surface area contributed by atoms with Gasteiger partial charge in [-0.1, -0.05) is 51.8 Å². The largest absolute Gasteiger partial charge is 0.327 e. The number of rotatable bonds is 5. The van der Waals surface area contributed by atoms with E-state index in [4.69, 9.17) is 4.98 Å². The summed E-state index contributed by atoms with van der Waals surface area (Å²) in [6, 6.07) is 17.3. The molecule has 0 saturated heterocycles. The maximum atomic E-state index is 5.10. The number of hydrogen-bond donors (Lipinski definition) is 0. The van der Waals surface area contributed by atoms with Gasteiger partial charge in [-0.15, -0.1) is 0 Å². The molecule has 1 aromatic heterocycles. The van der Waals surface area contributed by atoms with Crippen LogP contribution in [0.4, 0.5) is 5.69 Å². The van der Waals surface area contributed by atoms with Crippen LogP contribution in [0.25, 0.3) is 11.0 Å². The third kappa shape index (κ3) is 4.07. The van der Waals surface area contributed by atoms with Gasteiger partial charge in [-0.3, -0.25) is 0 Å². The number of nitrogens with zero attached hydrogens (tertiary/aromatic N) is 3. The Morgan fingerprint density at radius 1 is 1.07 bits per heavy atom. The molecule has 0 spiro atoms. The van der Waals surface area contributed by atoms with Gasteiger partial charge in [0, 0.05) is 29.6 Å². The molecule has 4 heteroatoms. The van der Waals surface area contributed by atoms with Gasteiger partial charge in [-0.05, 0) is 61.0 Å². The van der Waals surface area contributed by atoms with E-state index >= 15 is 0 Å². The van der Waals surface area contributed by atoms with Crippen molar-refractivity contribution in [2.45, 2.75) is 63.3 Å². The normalized spacial score (nSPS) is 15.4. The van der Waals surface area contributed by atoms with Crippen molar-refractivity contribution in [2.75, 3.05) is 11.4 Å². The summed E-state index contributed by atoms with van der Waals surface area (Å²) in [4.78, 5) is 6.35. The van der Waals surface area contributed by atoms with E-state index in [0.717, 1.165) is 18.0 Å². The highest BCUT2D eigenvalue weighted by Crippen LogP contribution is 2.34. The van der Waals surface area contributed by atoms with Crippen LogP contribution >= 0.6 is 11.9 Å². The van der Waals surface area contributed by atoms with Crippen molar-refractivity contribution < 1.29 is 0 Å². The van der Waals surface area contributed by atoms with Gasteiger partial charge in [0.2, 0.25) is 0 Å². The van der Waals surface area contributed by atoms with Gasteiger partial charge in [0.25, 0.3) is 0 Å². The molecule has 0 aliphatic heterocycles. The first kappa shape index (κ1) is 19.4. The molecule has 0 N–H and O–H groups in total. The third-order valence-electron chi connectivity index (χ3n) is 5.67. The molecule has 3 aromatic rings. The third-order valence-corrected chi connectivity index (χ3v) is 6.63. The van der Waals surface area contributed by atoms with Crippen LogP contribution in [0.3, 0.4) is 0 Å². The van der Waals surface area contributed by atoms with Crippen LogP contribution < -0.4 is 4.31 Å². The molecular formula is C24H31N3S. The number of anilines is 1. The Kier molecular flexibility index (Phi) is 5.42. The van der Waals surface area contributed by atoms with Crippen molar-refractivity contribution >= 4 is 28.7 Å². The van der Waals surface area contributed by atoms with Crippen molar-refractivity contribution in [2.24, 2.45) is 5.92 Å². The molecule has 0 radical (unpaired) electrons. The highest BCUT2D eigenvalue weighted by molar-refractivity contribution is 8.00. The SMILES string of the molecule is CN(Sc1ccccc1)c1ccc2c(c1)nc(C(C)(C)C)n2CC1CCCC1. The van der Waals surface area contributed by atoms with E-state index in [-0.39, 0.29) is 5.41 Å². The van der Waals surface area contributed by atoms with E-state index < -0.39 is 0 Å². The maximum Gasteiger partial charge on any atom is 0.115 e. The van der Waals surface area contributed by atoms with Gasteiger partial charge in [0.1, 0.15) is 5.82 Å². The summed E-state index contributed by atoms with van der Waals surface area (Å²) >= 11 is 1.75. The molecule has 4 rings (SSSR count). The predicted octanol–water partition coefficient (Wildman–Crippen LogP) is 6.67. The van der Waals surface area contributed by atoms with E-state index in [9.17, 15) is 0 Å². The van der Waals surface area contributed by atoms with Crippen molar-refractivity contribution in [1.82, 2.24) is 9.55 Å². The van der Waals surface area contributed by atoms with Crippen LogP contribution in [-0.2, 0) is 12.0 Å². The summed E-state index contributed by atoms with van der Waals surface area (Å²) in [6.45, 7) is 7.93. The lowest BCUT2D eigenvalue weighted by molar-refractivity contribution is 0.423. The molecule has 0 atom stereocenters. The fraction of sp³-hybridized carbons (Fsp3) is 0.458. The summed E-state index contributed by atoms with van der Waals surface area (Å²) in [7, 11) is 2.12. The molecule has 0 bridgehead atoms. The van der Waals surface area contributed by atoms with Gasteiger partial charge < -0.3 is 8.87 Å². The molecule has 1 fully saturated rings. The van der Waals surface area contributed by atoms with Crippen LogP contribution in [0, 0.1) is 5.92 Å². The lowest BCUT2D eigenvalue weighted by atomic mass is 9.95. The highest BCUT2D eigenvalue weighted by Gasteiger charge is 2.26. The quantitative estimate of drug-likeness (QED) is 0.452. The van der Waals surface area contributed by atoms with Crippen LogP contribution in [0.5, 0.6) is 0 Å². The van der Waals surface area contributed by atoms with Crippen molar-refractivity contribution in [3.63, 3.8) is 0 Å². The summed E-state index contributed by atoms with van der Waals surface area (Å²) in [5, 5.41) is 0. The molecule has 1 heterocycles. The number of benzene rings is 2. The fourth-order valence-electron chi connectivity index (χ4n) is 4.21. The summed E-state index contributed by atoms with van der Waals surface area (Å²) in [5.74, 6) is 2.01. The monoisotopic (exact) mass is 393 g/mol. The molecule has 1 aliphatic rings. The van der Waals surface area contributed by atoms with Gasteiger partial charge in [0.05, 0.1) is 11.0 Å². The van der Waals surface area contributed by atoms with Gasteiger partial charge >= 0.3 is 0 Å². The minimum atomic E-state index is 0.0441. The van der Waals surface area contributed by atoms with Crippen LogP contribution in [-0.4, -0.2) is 16.6 Å². The van der Waals surface area contributed by atoms with E-state index in [2.05, 4.69) is 85.2 Å². The lowest BCUT2D eigenvalue weighted by Crippen LogP contribution is -2.21. The molecule has 28 heavy (non-hydrogen) atoms. The van der Waals surface area contributed by atoms with E-state index in [1.165, 1.54) is 47.6 Å². The number of fused-ring (bicyclic) bond motifs is 1. The Morgan fingerprint density at radius 3 is 2.46 bits per heavy atom. The molecule has 148 valence electrons. The summed E-state index contributed by atoms with van der Waals surface area (Å²) in [6.07, 6.45) is 5.48. The molecule has 0 unspecified atom stereocenters. The summed E-state index contributed by atoms with van der Waals surface area (Å²) < 4.78 is 4.72. The Morgan fingerprint density at radius 2 is 1.79 bits per heavy atom. The second-order valence-electron chi connectivity index (χ2n) is 9.02. The maximum absolute atomic E-state index is 5.10. The van der Waals surface area contributed by atoms with Gasteiger partial charge in [-0.2, -0.15) is 0 Å². The van der Waals surface area contributed by atoms with Crippen molar-refractivity contribution in [1.29, 1.82) is 0 Å². The fourth-order valence-corrected chi connectivity index (χ4v) is 5.03. The second-order valence-corrected chi connectivity index (χ2v) is 10.2. The minimum absolute atomic E-state index is 0.0441. The molecule has 1 saturated carbocycles. The first-order valence-electron chi connectivity index (χ1n) is 10.4. The van der Waals surface area contributed by atoms with Crippen LogP contribution in [0.2, 0.25) is 0 Å². The molecule has 1 aliphatic carbocycles. The van der Waals surface area contributed by atoms with E-state index in [1.807, 2.05) is 0 Å². The Bertz CT molecular complexity index is 934. The molecule has 0 amide bonds. The average Bonchev–Trinajstić information content (AvgIpc) is 3.30. The Balaban J connectivity index is 1.67. The number of hydrogen-bond acceptors (Lipinski definition) is 3.